The number of fused-ring (bicyclic) bond motifs is 3. The van der Waals surface area contributed by atoms with Crippen molar-refractivity contribution < 1.29 is 4.42 Å². The van der Waals surface area contributed by atoms with E-state index < -0.39 is 5.69 Å². The molecule has 0 saturated heterocycles. The van der Waals surface area contributed by atoms with Gasteiger partial charge in [0, 0.05) is 18.9 Å². The van der Waals surface area contributed by atoms with E-state index in [1.165, 1.54) is 9.13 Å². The maximum atomic E-state index is 13.0. The quantitative estimate of drug-likeness (QED) is 0.523. The number of aryl methyl sites for hydroxylation is 2. The summed E-state index contributed by atoms with van der Waals surface area (Å²) in [7, 11) is 1.62. The number of hydrogen-bond donors (Lipinski definition) is 0. The van der Waals surface area contributed by atoms with Crippen LogP contribution in [0.2, 0.25) is 0 Å². The molecule has 0 atom stereocenters. The number of imidazole rings is 2. The van der Waals surface area contributed by atoms with Crippen LogP contribution in [0.4, 0.5) is 0 Å². The standard InChI is InChI=1S/C18H19N5O3/c1-11(2)8-23-16(24)14-15(20(4)18(23)25)19-17-21(12(3)9-22(14)17)10-13-6-5-7-26-13/h5-7,9H,1,8,10H2,2-4H3. The van der Waals surface area contributed by atoms with Crippen LogP contribution >= 0.6 is 0 Å². The highest BCUT2D eigenvalue weighted by atomic mass is 16.3. The molecule has 4 aromatic heterocycles. The van der Waals surface area contributed by atoms with Crippen molar-refractivity contribution in [3.05, 3.63) is 69.0 Å². The fraction of sp³-hybridized carbons (Fsp3) is 0.278. The zero-order valence-electron chi connectivity index (χ0n) is 14.9. The lowest BCUT2D eigenvalue weighted by Gasteiger charge is -2.07. The molecule has 0 radical (unpaired) electrons. The van der Waals surface area contributed by atoms with E-state index in [0.717, 1.165) is 17.0 Å². The lowest BCUT2D eigenvalue weighted by Crippen LogP contribution is -2.39. The Morgan fingerprint density at radius 3 is 2.73 bits per heavy atom. The van der Waals surface area contributed by atoms with Crippen LogP contribution in [-0.4, -0.2) is 23.1 Å². The van der Waals surface area contributed by atoms with Gasteiger partial charge >= 0.3 is 5.69 Å². The van der Waals surface area contributed by atoms with Crippen molar-refractivity contribution in [2.45, 2.75) is 26.9 Å². The van der Waals surface area contributed by atoms with E-state index in [4.69, 9.17) is 4.42 Å². The largest absolute Gasteiger partial charge is 0.467 e. The fourth-order valence-electron chi connectivity index (χ4n) is 3.22. The minimum absolute atomic E-state index is 0.181. The number of rotatable bonds is 4. The number of aromatic nitrogens is 5. The predicted octanol–water partition coefficient (Wildman–Crippen LogP) is 1.68. The van der Waals surface area contributed by atoms with E-state index in [9.17, 15) is 9.59 Å². The minimum atomic E-state index is -0.402. The molecule has 0 saturated carbocycles. The number of allylic oxidation sites excluding steroid dienone is 1. The molecule has 0 amide bonds. The normalized spacial score (nSPS) is 11.7. The van der Waals surface area contributed by atoms with Gasteiger partial charge in [0.1, 0.15) is 5.76 Å². The van der Waals surface area contributed by atoms with Crippen LogP contribution in [0.25, 0.3) is 16.9 Å². The molecule has 8 nitrogen and oxygen atoms in total. The first-order chi connectivity index (χ1) is 12.4. The summed E-state index contributed by atoms with van der Waals surface area (Å²) < 4.78 is 11.7. The Balaban J connectivity index is 2.04. The summed E-state index contributed by atoms with van der Waals surface area (Å²) in [6.45, 7) is 8.21. The summed E-state index contributed by atoms with van der Waals surface area (Å²) in [5.41, 5.74) is 1.64. The molecule has 0 N–H and O–H groups in total. The highest BCUT2D eigenvalue weighted by molar-refractivity contribution is 5.75. The van der Waals surface area contributed by atoms with Gasteiger partial charge in [-0.15, -0.1) is 0 Å². The van der Waals surface area contributed by atoms with E-state index in [1.54, 1.807) is 24.6 Å². The highest BCUT2D eigenvalue weighted by Crippen LogP contribution is 2.18. The first kappa shape index (κ1) is 16.2. The van der Waals surface area contributed by atoms with Crippen LogP contribution in [0.15, 0.2) is 50.8 Å². The lowest BCUT2D eigenvalue weighted by atomic mass is 10.3. The summed E-state index contributed by atoms with van der Waals surface area (Å²) >= 11 is 0. The van der Waals surface area contributed by atoms with Crippen molar-refractivity contribution in [2.75, 3.05) is 0 Å². The van der Waals surface area contributed by atoms with E-state index in [1.807, 2.05) is 29.8 Å². The molecule has 0 bridgehead atoms. The molecule has 4 heterocycles. The predicted molar refractivity (Wildman–Crippen MR) is 97.6 cm³/mol. The number of nitrogens with zero attached hydrogens (tertiary/aromatic N) is 5. The fourth-order valence-corrected chi connectivity index (χ4v) is 3.22. The molecule has 0 aliphatic heterocycles. The van der Waals surface area contributed by atoms with Crippen molar-refractivity contribution in [2.24, 2.45) is 7.05 Å². The molecule has 134 valence electrons. The van der Waals surface area contributed by atoms with Crippen LogP contribution < -0.4 is 11.2 Å². The van der Waals surface area contributed by atoms with Gasteiger partial charge in [0.05, 0.1) is 19.4 Å². The Kier molecular flexibility index (Phi) is 3.50. The first-order valence-corrected chi connectivity index (χ1v) is 8.23. The molecule has 0 fully saturated rings. The van der Waals surface area contributed by atoms with Crippen LogP contribution in [0.3, 0.4) is 0 Å². The van der Waals surface area contributed by atoms with Crippen LogP contribution in [0.1, 0.15) is 18.4 Å². The smallest absolute Gasteiger partial charge is 0.332 e. The summed E-state index contributed by atoms with van der Waals surface area (Å²) in [5.74, 6) is 1.38. The van der Waals surface area contributed by atoms with E-state index in [-0.39, 0.29) is 12.1 Å². The third kappa shape index (κ3) is 2.26. The highest BCUT2D eigenvalue weighted by Gasteiger charge is 2.20. The molecule has 26 heavy (non-hydrogen) atoms. The SMILES string of the molecule is C=C(C)Cn1c(=O)c2c(nc3n(Cc4ccco4)c(C)cn23)n(C)c1=O. The minimum Gasteiger partial charge on any atom is -0.467 e. The first-order valence-electron chi connectivity index (χ1n) is 8.23. The Bertz CT molecular complexity index is 1260. The Morgan fingerprint density at radius 1 is 1.31 bits per heavy atom. The van der Waals surface area contributed by atoms with Crippen LogP contribution in [0.5, 0.6) is 0 Å². The van der Waals surface area contributed by atoms with Crippen molar-refractivity contribution in [1.29, 1.82) is 0 Å². The van der Waals surface area contributed by atoms with Crippen molar-refractivity contribution in [3.8, 4) is 0 Å². The molecular formula is C18H19N5O3. The zero-order chi connectivity index (χ0) is 18.6. The monoisotopic (exact) mass is 353 g/mol. The average molecular weight is 353 g/mol. The lowest BCUT2D eigenvalue weighted by molar-refractivity contribution is 0.494. The summed E-state index contributed by atoms with van der Waals surface area (Å²) in [6.07, 6.45) is 3.47. The molecule has 0 spiro atoms. The van der Waals surface area contributed by atoms with Crippen molar-refractivity contribution in [1.82, 2.24) is 23.1 Å². The number of furan rings is 1. The van der Waals surface area contributed by atoms with Crippen molar-refractivity contribution >= 4 is 16.9 Å². The maximum Gasteiger partial charge on any atom is 0.332 e. The molecule has 4 aromatic rings. The van der Waals surface area contributed by atoms with Gasteiger partial charge in [-0.1, -0.05) is 12.2 Å². The summed E-state index contributed by atoms with van der Waals surface area (Å²) in [6, 6.07) is 3.71. The van der Waals surface area contributed by atoms with Gasteiger partial charge in [-0.3, -0.25) is 18.3 Å². The molecular weight excluding hydrogens is 334 g/mol. The topological polar surface area (TPSA) is 79.4 Å². The summed E-state index contributed by atoms with van der Waals surface area (Å²) in [4.78, 5) is 30.1. The third-order valence-corrected chi connectivity index (χ3v) is 4.46. The second-order valence-corrected chi connectivity index (χ2v) is 6.58. The van der Waals surface area contributed by atoms with Gasteiger partial charge in [0.2, 0.25) is 5.78 Å². The van der Waals surface area contributed by atoms with E-state index in [0.29, 0.717) is 23.5 Å². The Morgan fingerprint density at radius 2 is 2.08 bits per heavy atom. The van der Waals surface area contributed by atoms with Gasteiger partial charge in [0.15, 0.2) is 11.2 Å². The molecule has 4 rings (SSSR count). The van der Waals surface area contributed by atoms with Gasteiger partial charge < -0.3 is 8.98 Å². The zero-order valence-corrected chi connectivity index (χ0v) is 14.9. The molecule has 0 unspecified atom stereocenters. The van der Waals surface area contributed by atoms with Crippen LogP contribution in [-0.2, 0) is 20.1 Å². The van der Waals surface area contributed by atoms with E-state index >= 15 is 0 Å². The second kappa shape index (κ2) is 5.62. The molecule has 8 heteroatoms. The van der Waals surface area contributed by atoms with Gasteiger partial charge in [0.25, 0.3) is 5.56 Å². The third-order valence-electron chi connectivity index (χ3n) is 4.46. The average Bonchev–Trinajstić information content (AvgIpc) is 3.28. The molecule has 0 aliphatic carbocycles. The van der Waals surface area contributed by atoms with E-state index in [2.05, 4.69) is 11.6 Å². The van der Waals surface area contributed by atoms with Gasteiger partial charge in [-0.05, 0) is 26.0 Å². The maximum absolute atomic E-state index is 13.0. The second-order valence-electron chi connectivity index (χ2n) is 6.58. The number of hydrogen-bond acceptors (Lipinski definition) is 4. The molecule has 0 aromatic carbocycles. The van der Waals surface area contributed by atoms with Gasteiger partial charge in [-0.2, -0.15) is 4.98 Å². The Hall–Kier alpha value is -3.29. The molecule has 0 aliphatic rings. The van der Waals surface area contributed by atoms with Gasteiger partial charge in [-0.25, -0.2) is 4.79 Å². The van der Waals surface area contributed by atoms with Crippen LogP contribution in [0, 0.1) is 6.92 Å². The van der Waals surface area contributed by atoms with Crippen molar-refractivity contribution in [3.63, 3.8) is 0 Å². The Labute approximate surface area is 148 Å². The summed E-state index contributed by atoms with van der Waals surface area (Å²) in [5, 5.41) is 0.